The van der Waals surface area contributed by atoms with Gasteiger partial charge in [-0.1, -0.05) is 70.2 Å². The summed E-state index contributed by atoms with van der Waals surface area (Å²) in [5.74, 6) is -0.0771. The molecule has 1 amide bonds. The van der Waals surface area contributed by atoms with Crippen LogP contribution in [-0.2, 0) is 20.8 Å². The van der Waals surface area contributed by atoms with Crippen molar-refractivity contribution >= 4 is 55.0 Å². The molecule has 0 aromatic heterocycles. The second-order valence-electron chi connectivity index (χ2n) is 15.4. The molecule has 3 aromatic rings. The average molecular weight is 789 g/mol. The largest absolute Gasteiger partial charge is 0.481 e. The first-order valence-corrected chi connectivity index (χ1v) is 18.5. The number of benzene rings is 3. The van der Waals surface area contributed by atoms with Gasteiger partial charge in [0.25, 0.3) is 5.91 Å². The van der Waals surface area contributed by atoms with Gasteiger partial charge in [-0.05, 0) is 116 Å². The van der Waals surface area contributed by atoms with Crippen LogP contribution in [0.15, 0.2) is 92.1 Å². The van der Waals surface area contributed by atoms with Crippen molar-refractivity contribution in [1.29, 1.82) is 0 Å². The van der Waals surface area contributed by atoms with Gasteiger partial charge in [0.1, 0.15) is 5.75 Å². The normalized spacial score (nSPS) is 18.7. The van der Waals surface area contributed by atoms with Crippen molar-refractivity contribution in [3.05, 3.63) is 114 Å². The molecule has 0 saturated heterocycles. The summed E-state index contributed by atoms with van der Waals surface area (Å²) in [7, 11) is 0. The average Bonchev–Trinajstić information content (AvgIpc) is 3.00. The summed E-state index contributed by atoms with van der Waals surface area (Å²) in [5.41, 5.74) is 8.01. The van der Waals surface area contributed by atoms with Crippen molar-refractivity contribution in [2.45, 2.75) is 79.6 Å². The molecule has 8 heteroatoms. The number of hydrogen-bond donors (Lipinski definition) is 1. The number of ether oxygens (including phenoxy) is 1. The highest BCUT2D eigenvalue weighted by molar-refractivity contribution is 9.11. The van der Waals surface area contributed by atoms with Gasteiger partial charge in [-0.25, -0.2) is 0 Å². The highest BCUT2D eigenvalue weighted by atomic mass is 79.9. The molecule has 0 saturated carbocycles. The topological polar surface area (TPSA) is 75.7 Å². The molecule has 6 nitrogen and oxygen atoms in total. The SMILES string of the molecule is Cc1ccc(C)c(NC(=O)COc2c(Br)cc(C3C4=C(CC(C)(C)CC4=O)N(CCc4ccccc4)C4=C3C(=O)CC(C)(C)C4)cc2Br)c1. The van der Waals surface area contributed by atoms with Gasteiger partial charge >= 0.3 is 0 Å². The molecule has 0 atom stereocenters. The van der Waals surface area contributed by atoms with Crippen molar-refractivity contribution < 1.29 is 19.1 Å². The highest BCUT2D eigenvalue weighted by Crippen LogP contribution is 2.55. The third kappa shape index (κ3) is 7.51. The van der Waals surface area contributed by atoms with Crippen LogP contribution in [0.1, 0.15) is 81.5 Å². The van der Waals surface area contributed by atoms with Crippen molar-refractivity contribution in [2.75, 3.05) is 18.5 Å². The molecule has 1 N–H and O–H groups in total. The number of carbonyl (C=O) groups is 3. The second-order valence-corrected chi connectivity index (χ2v) is 17.1. The zero-order valence-corrected chi connectivity index (χ0v) is 32.3. The predicted molar refractivity (Wildman–Crippen MR) is 202 cm³/mol. The van der Waals surface area contributed by atoms with Gasteiger partial charge < -0.3 is 15.0 Å². The molecular weight excluding hydrogens is 744 g/mol. The Labute approximate surface area is 306 Å². The monoisotopic (exact) mass is 786 g/mol. The maximum Gasteiger partial charge on any atom is 0.262 e. The summed E-state index contributed by atoms with van der Waals surface area (Å²) in [6.45, 7) is 13.1. The van der Waals surface area contributed by atoms with Crippen LogP contribution in [0.3, 0.4) is 0 Å². The van der Waals surface area contributed by atoms with Crippen LogP contribution in [0.25, 0.3) is 0 Å². The molecule has 3 aliphatic rings. The fourth-order valence-electron chi connectivity index (χ4n) is 7.62. The van der Waals surface area contributed by atoms with Gasteiger partial charge in [0.2, 0.25) is 0 Å². The highest BCUT2D eigenvalue weighted by Gasteiger charge is 2.49. The summed E-state index contributed by atoms with van der Waals surface area (Å²) in [5, 5.41) is 2.95. The molecule has 1 aliphatic heterocycles. The number of anilines is 1. The lowest BCUT2D eigenvalue weighted by Crippen LogP contribution is -2.45. The number of amides is 1. The number of Topliss-reactive ketones (excluding diaryl/α,β-unsaturated/α-hetero) is 2. The molecule has 256 valence electrons. The summed E-state index contributed by atoms with van der Waals surface area (Å²) in [6, 6.07) is 20.2. The van der Waals surface area contributed by atoms with Crippen LogP contribution < -0.4 is 10.1 Å². The predicted octanol–water partition coefficient (Wildman–Crippen LogP) is 9.77. The molecule has 0 radical (unpaired) electrons. The third-order valence-electron chi connectivity index (χ3n) is 9.86. The Morgan fingerprint density at radius 3 is 1.98 bits per heavy atom. The van der Waals surface area contributed by atoms with Gasteiger partial charge in [0, 0.05) is 53.5 Å². The van der Waals surface area contributed by atoms with Gasteiger partial charge in [-0.15, -0.1) is 0 Å². The maximum atomic E-state index is 14.3. The summed E-state index contributed by atoms with van der Waals surface area (Å²) in [6.07, 6.45) is 3.17. The van der Waals surface area contributed by atoms with Crippen LogP contribution >= 0.6 is 31.9 Å². The Kier molecular flexibility index (Phi) is 9.86. The van der Waals surface area contributed by atoms with Crippen LogP contribution in [0.5, 0.6) is 5.75 Å². The number of rotatable bonds is 8. The maximum absolute atomic E-state index is 14.3. The number of ketones is 2. The van der Waals surface area contributed by atoms with E-state index in [4.69, 9.17) is 4.74 Å². The molecule has 6 rings (SSSR count). The number of aryl methyl sites for hydroxylation is 2. The van der Waals surface area contributed by atoms with Crippen LogP contribution in [0, 0.1) is 24.7 Å². The molecule has 2 aliphatic carbocycles. The number of nitrogens with one attached hydrogen (secondary N) is 1. The fourth-order valence-corrected chi connectivity index (χ4v) is 9.07. The van der Waals surface area contributed by atoms with Gasteiger partial charge in [-0.2, -0.15) is 0 Å². The Morgan fingerprint density at radius 2 is 1.41 bits per heavy atom. The summed E-state index contributed by atoms with van der Waals surface area (Å²) < 4.78 is 7.32. The van der Waals surface area contributed by atoms with Crippen LogP contribution in [-0.4, -0.2) is 35.5 Å². The number of hydrogen-bond acceptors (Lipinski definition) is 5. The minimum absolute atomic E-state index is 0.0980. The Hall–Kier alpha value is -3.49. The van der Waals surface area contributed by atoms with E-state index in [9.17, 15) is 14.4 Å². The van der Waals surface area contributed by atoms with E-state index in [1.54, 1.807) is 0 Å². The van der Waals surface area contributed by atoms with Crippen molar-refractivity contribution in [3.8, 4) is 5.75 Å². The first kappa shape index (κ1) is 35.3. The lowest BCUT2D eigenvalue weighted by Gasteiger charge is -2.49. The van der Waals surface area contributed by atoms with E-state index in [2.05, 4.69) is 94.0 Å². The molecule has 0 unspecified atom stereocenters. The van der Waals surface area contributed by atoms with Gasteiger partial charge in [0.05, 0.1) is 8.95 Å². The minimum Gasteiger partial charge on any atom is -0.481 e. The van der Waals surface area contributed by atoms with Crippen molar-refractivity contribution in [2.24, 2.45) is 10.8 Å². The molecule has 0 fully saturated rings. The zero-order chi connectivity index (χ0) is 35.2. The van der Waals surface area contributed by atoms with Gasteiger partial charge in [0.15, 0.2) is 18.2 Å². The molecule has 49 heavy (non-hydrogen) atoms. The summed E-state index contributed by atoms with van der Waals surface area (Å²) in [4.78, 5) is 43.7. The Balaban J connectivity index is 1.38. The van der Waals surface area contributed by atoms with E-state index in [1.165, 1.54) is 5.56 Å². The third-order valence-corrected chi connectivity index (χ3v) is 11.0. The molecule has 1 heterocycles. The van der Waals surface area contributed by atoms with Crippen molar-refractivity contribution in [3.63, 3.8) is 0 Å². The second kappa shape index (κ2) is 13.7. The van der Waals surface area contributed by atoms with E-state index >= 15 is 0 Å². The van der Waals surface area contributed by atoms with Gasteiger partial charge in [-0.3, -0.25) is 14.4 Å². The first-order chi connectivity index (χ1) is 23.1. The van der Waals surface area contributed by atoms with E-state index in [1.807, 2.05) is 50.2 Å². The minimum atomic E-state index is -0.487. The zero-order valence-electron chi connectivity index (χ0n) is 29.1. The van der Waals surface area contributed by atoms with E-state index in [0.717, 1.165) is 64.2 Å². The molecular formula is C41H44Br2N2O4. The molecule has 0 spiro atoms. The number of halogens is 2. The quantitative estimate of drug-likeness (QED) is 0.246. The lowest BCUT2D eigenvalue weighted by atomic mass is 9.63. The number of allylic oxidation sites excluding steroid dienone is 4. The number of carbonyl (C=O) groups excluding carboxylic acids is 3. The molecule has 0 bridgehead atoms. The molecule has 3 aromatic carbocycles. The van der Waals surface area contributed by atoms with E-state index in [0.29, 0.717) is 34.1 Å². The smallest absolute Gasteiger partial charge is 0.262 e. The first-order valence-electron chi connectivity index (χ1n) is 17.0. The van der Waals surface area contributed by atoms with E-state index in [-0.39, 0.29) is 34.9 Å². The lowest BCUT2D eigenvalue weighted by molar-refractivity contribution is -0.120. The summed E-state index contributed by atoms with van der Waals surface area (Å²) >= 11 is 7.42. The van der Waals surface area contributed by atoms with Crippen LogP contribution in [0.2, 0.25) is 0 Å². The van der Waals surface area contributed by atoms with E-state index < -0.39 is 5.92 Å². The number of nitrogens with zero attached hydrogens (tertiary/aromatic N) is 1. The Bertz CT molecular complexity index is 1830. The van der Waals surface area contributed by atoms with Crippen LogP contribution in [0.4, 0.5) is 5.69 Å². The standard InChI is InChI=1S/C41H44Br2N2O4/c1-24-12-13-25(2)30(16-24)44-35(48)23-49-39-28(42)17-27(18-29(39)43)36-37-31(19-40(3,4)21-33(37)46)45(15-14-26-10-8-7-9-11-26)32-20-41(5,6)22-34(47)38(32)36/h7-13,16-18,36H,14-15,19-23H2,1-6H3,(H,44,48). The fraction of sp³-hybridized carbons (Fsp3) is 0.390. The van der Waals surface area contributed by atoms with Crippen molar-refractivity contribution in [1.82, 2.24) is 4.90 Å². The Morgan fingerprint density at radius 1 is 0.837 bits per heavy atom.